The number of hydrogen-bond donors (Lipinski definition) is 0. The third-order valence-corrected chi connectivity index (χ3v) is 12.5. The van der Waals surface area contributed by atoms with E-state index in [4.69, 9.17) is 18.9 Å². The number of aliphatic carboxylic acids is 1. The van der Waals surface area contributed by atoms with Crippen molar-refractivity contribution in [2.75, 3.05) is 47.5 Å². The maximum absolute atomic E-state index is 12.9. The lowest BCUT2D eigenvalue weighted by Gasteiger charge is -2.26. The highest BCUT2D eigenvalue weighted by Crippen LogP contribution is 2.15. The van der Waals surface area contributed by atoms with E-state index in [1.807, 2.05) is 21.1 Å². The van der Waals surface area contributed by atoms with Gasteiger partial charge in [0.15, 0.2) is 12.4 Å². The molecule has 0 bridgehead atoms. The largest absolute Gasteiger partial charge is 0.545 e. The van der Waals surface area contributed by atoms with Crippen molar-refractivity contribution in [2.45, 2.75) is 245 Å². The molecule has 0 aliphatic heterocycles. The van der Waals surface area contributed by atoms with Crippen LogP contribution in [-0.2, 0) is 33.3 Å². The van der Waals surface area contributed by atoms with Gasteiger partial charge in [-0.25, -0.2) is 0 Å². The number of carbonyl (C=O) groups is 3. The lowest BCUT2D eigenvalue weighted by atomic mass is 10.1. The molecular weight excluding hydrogens is 935 g/mol. The second-order valence-electron chi connectivity index (χ2n) is 20.9. The highest BCUT2D eigenvalue weighted by molar-refractivity contribution is 5.70. The summed E-state index contributed by atoms with van der Waals surface area (Å²) in [5.74, 6) is -2.32. The number of ether oxygens (including phenoxy) is 4. The fourth-order valence-electron chi connectivity index (χ4n) is 7.90. The molecule has 0 spiro atoms. The van der Waals surface area contributed by atoms with Gasteiger partial charge in [-0.1, -0.05) is 226 Å². The molecular formula is C66H111NO8. The summed E-state index contributed by atoms with van der Waals surface area (Å²) >= 11 is 0. The fraction of sp³-hybridized carbons (Fsp3) is 0.682. The highest BCUT2D eigenvalue weighted by Gasteiger charge is 2.22. The number of likely N-dealkylation sites (N-methyl/N-ethyl adjacent to an activating group) is 1. The number of nitrogens with zero attached hydrogens (tertiary/aromatic N) is 1. The Labute approximate surface area is 460 Å². The molecule has 0 rings (SSSR count). The fourth-order valence-corrected chi connectivity index (χ4v) is 7.90. The number of esters is 2. The number of carboxylic acids is 1. The van der Waals surface area contributed by atoms with E-state index in [-0.39, 0.29) is 38.6 Å². The Bertz CT molecular complexity index is 1590. The lowest BCUT2D eigenvalue weighted by molar-refractivity contribution is -0.870. The van der Waals surface area contributed by atoms with Crippen molar-refractivity contribution in [1.29, 1.82) is 0 Å². The Hall–Kier alpha value is -4.05. The van der Waals surface area contributed by atoms with Crippen molar-refractivity contribution in [2.24, 2.45) is 0 Å². The van der Waals surface area contributed by atoms with E-state index in [2.05, 4.69) is 123 Å². The Morgan fingerprint density at radius 3 is 1.13 bits per heavy atom. The van der Waals surface area contributed by atoms with E-state index in [9.17, 15) is 19.5 Å². The third kappa shape index (κ3) is 57.5. The van der Waals surface area contributed by atoms with Gasteiger partial charge < -0.3 is 33.3 Å². The molecule has 0 saturated carbocycles. The van der Waals surface area contributed by atoms with E-state index in [0.717, 1.165) is 122 Å². The summed E-state index contributed by atoms with van der Waals surface area (Å²) in [6.07, 6.45) is 74.1. The van der Waals surface area contributed by atoms with Gasteiger partial charge in [-0.2, -0.15) is 0 Å². The van der Waals surface area contributed by atoms with Gasteiger partial charge in [0.2, 0.25) is 0 Å². The Balaban J connectivity index is 4.31. The van der Waals surface area contributed by atoms with Crippen LogP contribution in [0.25, 0.3) is 0 Å². The second kappa shape index (κ2) is 56.2. The Morgan fingerprint density at radius 1 is 0.413 bits per heavy atom. The molecule has 9 heteroatoms. The molecule has 0 N–H and O–H groups in total. The van der Waals surface area contributed by atoms with Crippen LogP contribution in [0.3, 0.4) is 0 Å². The smallest absolute Gasteiger partial charge is 0.306 e. The molecule has 0 aliphatic rings. The number of rotatable bonds is 54. The van der Waals surface area contributed by atoms with Crippen molar-refractivity contribution in [3.63, 3.8) is 0 Å². The van der Waals surface area contributed by atoms with E-state index in [0.29, 0.717) is 17.4 Å². The minimum Gasteiger partial charge on any atom is -0.545 e. The summed E-state index contributed by atoms with van der Waals surface area (Å²) in [5.41, 5.74) is 0. The second-order valence-corrected chi connectivity index (χ2v) is 20.9. The van der Waals surface area contributed by atoms with Crippen LogP contribution in [0, 0.1) is 0 Å². The zero-order chi connectivity index (χ0) is 54.8. The van der Waals surface area contributed by atoms with Crippen molar-refractivity contribution in [3.05, 3.63) is 109 Å². The first kappa shape index (κ1) is 71.0. The summed E-state index contributed by atoms with van der Waals surface area (Å²) in [4.78, 5) is 37.3. The van der Waals surface area contributed by atoms with Crippen LogP contribution in [0.4, 0.5) is 0 Å². The monoisotopic (exact) mass is 1050 g/mol. The number of hydrogen-bond acceptors (Lipinski definition) is 8. The molecule has 2 unspecified atom stereocenters. The van der Waals surface area contributed by atoms with Gasteiger partial charge in [0, 0.05) is 12.8 Å². The van der Waals surface area contributed by atoms with Gasteiger partial charge >= 0.3 is 11.9 Å². The van der Waals surface area contributed by atoms with Gasteiger partial charge in [0.25, 0.3) is 0 Å². The van der Waals surface area contributed by atoms with Crippen LogP contribution in [0.2, 0.25) is 0 Å². The zero-order valence-electron chi connectivity index (χ0n) is 48.6. The number of carbonyl (C=O) groups excluding carboxylic acids is 3. The number of carboxylic acid groups (broad SMARTS) is 1. The minimum absolute atomic E-state index is 0.138. The molecule has 0 saturated heterocycles. The van der Waals surface area contributed by atoms with Gasteiger partial charge in [0.1, 0.15) is 13.2 Å². The predicted molar refractivity (Wildman–Crippen MR) is 315 cm³/mol. The molecule has 0 aromatic rings. The maximum Gasteiger partial charge on any atom is 0.306 e. The van der Waals surface area contributed by atoms with E-state index >= 15 is 0 Å². The molecule has 428 valence electrons. The standard InChI is InChI=1S/C66H111NO8/c1-6-8-10-12-14-16-18-20-22-24-26-28-30-32-34-36-38-40-42-44-46-48-50-52-54-56-63(68)73-60-62(61-74-66(65(70)71)72-59-58-67(3,4)5)75-64(69)57-55-53-51-49-47-45-43-41-39-37-35-33-31-29-27-25-23-21-19-17-15-13-11-9-7-2/h9,11,15,17-18,20-21,23-24,26-27,29-30,32-33,35,39,41,62,66H,6-8,10,12-14,16,19,22,25,28,31,34,36-38,40,42-61H2,1-5H3/b11-9-,17-15-,20-18-,23-21-,26-24-,29-27-,32-30-,35-33-,41-39-. The van der Waals surface area contributed by atoms with Crippen molar-refractivity contribution < 1.29 is 42.9 Å². The SMILES string of the molecule is CC/C=C\C/C=C\C/C=C\C/C=C\C/C=C\C/C=C\CCCCCCCCC(=O)OC(COC(=O)CCCCCCCCCCCC/C=C\C/C=C\C/C=C\CCCCCCC)COC(OCC[N+](C)(C)C)C(=O)[O-]. The molecule has 0 heterocycles. The topological polar surface area (TPSA) is 111 Å². The van der Waals surface area contributed by atoms with Gasteiger partial charge in [0.05, 0.1) is 40.3 Å². The number of quaternary nitrogens is 1. The molecule has 0 amide bonds. The number of unbranched alkanes of at least 4 members (excludes halogenated alkanes) is 21. The first-order valence-corrected chi connectivity index (χ1v) is 30.0. The highest BCUT2D eigenvalue weighted by atomic mass is 16.7. The average Bonchev–Trinajstić information content (AvgIpc) is 3.38. The molecule has 0 aromatic carbocycles. The minimum atomic E-state index is -1.63. The van der Waals surface area contributed by atoms with E-state index < -0.39 is 24.3 Å². The molecule has 0 aromatic heterocycles. The quantitative estimate of drug-likeness (QED) is 0.0195. The van der Waals surface area contributed by atoms with Crippen LogP contribution in [0.15, 0.2) is 109 Å². The lowest BCUT2D eigenvalue weighted by Crippen LogP contribution is -2.44. The average molecular weight is 1050 g/mol. The van der Waals surface area contributed by atoms with E-state index in [1.165, 1.54) is 77.0 Å². The molecule has 9 nitrogen and oxygen atoms in total. The maximum atomic E-state index is 12.9. The van der Waals surface area contributed by atoms with Crippen molar-refractivity contribution in [1.82, 2.24) is 0 Å². The third-order valence-electron chi connectivity index (χ3n) is 12.5. The van der Waals surface area contributed by atoms with Gasteiger partial charge in [-0.3, -0.25) is 9.59 Å². The Morgan fingerprint density at radius 2 is 0.760 bits per heavy atom. The van der Waals surface area contributed by atoms with Gasteiger partial charge in [-0.05, 0) is 103 Å². The van der Waals surface area contributed by atoms with Crippen LogP contribution in [0.5, 0.6) is 0 Å². The van der Waals surface area contributed by atoms with Gasteiger partial charge in [-0.15, -0.1) is 0 Å². The first-order chi connectivity index (χ1) is 36.6. The van der Waals surface area contributed by atoms with Crippen LogP contribution >= 0.6 is 0 Å². The molecule has 75 heavy (non-hydrogen) atoms. The van der Waals surface area contributed by atoms with Crippen molar-refractivity contribution in [3.8, 4) is 0 Å². The summed E-state index contributed by atoms with van der Waals surface area (Å²) in [7, 11) is 5.91. The molecule has 0 radical (unpaired) electrons. The summed E-state index contributed by atoms with van der Waals surface area (Å²) in [6, 6.07) is 0. The zero-order valence-corrected chi connectivity index (χ0v) is 48.6. The van der Waals surface area contributed by atoms with Crippen molar-refractivity contribution >= 4 is 17.9 Å². The number of allylic oxidation sites excluding steroid dienone is 18. The summed E-state index contributed by atoms with van der Waals surface area (Å²) in [5, 5.41) is 11.8. The molecule has 2 atom stereocenters. The van der Waals surface area contributed by atoms with Crippen LogP contribution in [0.1, 0.15) is 232 Å². The van der Waals surface area contributed by atoms with Crippen LogP contribution in [-0.4, -0.2) is 82.3 Å². The molecule has 0 aliphatic carbocycles. The Kier molecular flexibility index (Phi) is 53.1. The summed E-state index contributed by atoms with van der Waals surface area (Å²) in [6.45, 7) is 4.59. The molecule has 0 fully saturated rings. The normalized spacial score (nSPS) is 13.6. The van der Waals surface area contributed by atoms with Crippen LogP contribution < -0.4 is 5.11 Å². The summed E-state index contributed by atoms with van der Waals surface area (Å²) < 4.78 is 22.7. The predicted octanol–water partition coefficient (Wildman–Crippen LogP) is 16.6. The van der Waals surface area contributed by atoms with E-state index in [1.54, 1.807) is 0 Å². The first-order valence-electron chi connectivity index (χ1n) is 30.0.